The second-order valence-corrected chi connectivity index (χ2v) is 9.61. The largest absolute Gasteiger partial charge is 0.357 e. The Kier molecular flexibility index (Phi) is 10.3. The number of nitrogens with one attached hydrogen (secondary N) is 3. The highest BCUT2D eigenvalue weighted by Crippen LogP contribution is 2.51. The summed E-state index contributed by atoms with van der Waals surface area (Å²) in [5.74, 6) is 0.793. The third kappa shape index (κ3) is 9.43. The van der Waals surface area contributed by atoms with E-state index < -0.39 is 10.0 Å². The number of halogens is 1. The summed E-state index contributed by atoms with van der Waals surface area (Å²) in [6.45, 7) is 4.72. The predicted octanol–water partition coefficient (Wildman–Crippen LogP) is 2.42. The van der Waals surface area contributed by atoms with Gasteiger partial charge >= 0.3 is 0 Å². The minimum atomic E-state index is -3.11. The van der Waals surface area contributed by atoms with Gasteiger partial charge in [0.15, 0.2) is 5.96 Å². The molecule has 6 nitrogen and oxygen atoms in total. The molecule has 1 aromatic rings. The van der Waals surface area contributed by atoms with Crippen LogP contribution in [0.1, 0.15) is 26.2 Å². The van der Waals surface area contributed by atoms with Crippen molar-refractivity contribution in [3.05, 3.63) is 30.3 Å². The third-order valence-electron chi connectivity index (χ3n) is 3.77. The van der Waals surface area contributed by atoms with Gasteiger partial charge in [-0.25, -0.2) is 13.1 Å². The molecule has 1 aliphatic rings. The summed E-state index contributed by atoms with van der Waals surface area (Å²) < 4.78 is 24.8. The molecule has 0 unspecified atom stereocenters. The van der Waals surface area contributed by atoms with E-state index >= 15 is 0 Å². The van der Waals surface area contributed by atoms with Crippen LogP contribution in [0.4, 0.5) is 0 Å². The molecule has 0 spiro atoms. The van der Waals surface area contributed by atoms with Crippen molar-refractivity contribution in [3.63, 3.8) is 0 Å². The average molecular weight is 512 g/mol. The Morgan fingerprint density at radius 2 is 1.88 bits per heavy atom. The molecule has 0 bridgehead atoms. The molecule has 1 aliphatic carbocycles. The van der Waals surface area contributed by atoms with Crippen molar-refractivity contribution in [3.8, 4) is 0 Å². The van der Waals surface area contributed by atoms with Gasteiger partial charge in [-0.2, -0.15) is 0 Å². The molecule has 0 saturated heterocycles. The van der Waals surface area contributed by atoms with Gasteiger partial charge in [0, 0.05) is 29.3 Å². The molecular formula is C17H29IN4O2S2. The van der Waals surface area contributed by atoms with E-state index in [0.717, 1.165) is 19.0 Å². The van der Waals surface area contributed by atoms with Crippen molar-refractivity contribution in [1.29, 1.82) is 0 Å². The molecule has 1 saturated carbocycles. The quantitative estimate of drug-likeness (QED) is 0.194. The first-order chi connectivity index (χ1) is 11.9. The first-order valence-corrected chi connectivity index (χ1v) is 11.3. The summed E-state index contributed by atoms with van der Waals surface area (Å²) in [6.07, 6.45) is 4.26. The number of aliphatic imine (C=N–C) groups is 1. The highest BCUT2D eigenvalue weighted by Gasteiger charge is 2.43. The number of hydrogen-bond donors (Lipinski definition) is 3. The van der Waals surface area contributed by atoms with E-state index in [1.54, 1.807) is 0 Å². The Hall–Kier alpha value is -0.520. The highest BCUT2D eigenvalue weighted by atomic mass is 127. The summed E-state index contributed by atoms with van der Waals surface area (Å²) in [5.41, 5.74) is 0. The molecule has 1 aromatic carbocycles. The zero-order valence-electron chi connectivity index (χ0n) is 15.3. The molecule has 0 radical (unpaired) electrons. The Morgan fingerprint density at radius 1 is 1.19 bits per heavy atom. The molecule has 148 valence electrons. The van der Waals surface area contributed by atoms with Crippen LogP contribution in [0.2, 0.25) is 0 Å². The van der Waals surface area contributed by atoms with Crippen LogP contribution in [0, 0.1) is 0 Å². The molecule has 0 amide bonds. The van der Waals surface area contributed by atoms with E-state index in [4.69, 9.17) is 4.99 Å². The summed E-state index contributed by atoms with van der Waals surface area (Å²) in [4.78, 5) is 6.02. The minimum absolute atomic E-state index is 0. The van der Waals surface area contributed by atoms with Crippen LogP contribution >= 0.6 is 35.7 Å². The Bertz CT molecular complexity index is 665. The maximum atomic E-state index is 11.0. The Labute approximate surface area is 178 Å². The standard InChI is InChI=1S/C17H28N4O2S2.HI/c1-3-18-16(19-12-7-13-21-25(2,22)23)20-14-17(10-11-17)24-15-8-5-4-6-9-15;/h4-6,8-9,21H,3,7,10-14H2,1-2H3,(H2,18,19,20);1H. The zero-order chi connectivity index (χ0) is 18.2. The zero-order valence-corrected chi connectivity index (χ0v) is 19.3. The number of thioether (sulfide) groups is 1. The second kappa shape index (κ2) is 11.4. The fraction of sp³-hybridized carbons (Fsp3) is 0.588. The van der Waals surface area contributed by atoms with Crippen LogP contribution in [-0.4, -0.2) is 51.6 Å². The van der Waals surface area contributed by atoms with Crippen LogP contribution in [0.25, 0.3) is 0 Å². The molecular weight excluding hydrogens is 483 g/mol. The van der Waals surface area contributed by atoms with Gasteiger partial charge in [-0.05, 0) is 38.3 Å². The smallest absolute Gasteiger partial charge is 0.208 e. The van der Waals surface area contributed by atoms with Gasteiger partial charge in [0.1, 0.15) is 0 Å². The van der Waals surface area contributed by atoms with Crippen molar-refractivity contribution in [2.24, 2.45) is 4.99 Å². The van der Waals surface area contributed by atoms with Gasteiger partial charge in [0.25, 0.3) is 0 Å². The molecule has 1 fully saturated rings. The summed E-state index contributed by atoms with van der Waals surface area (Å²) >= 11 is 1.91. The maximum Gasteiger partial charge on any atom is 0.208 e. The van der Waals surface area contributed by atoms with Gasteiger partial charge in [0.05, 0.1) is 12.8 Å². The van der Waals surface area contributed by atoms with Crippen molar-refractivity contribution in [2.75, 3.05) is 32.4 Å². The minimum Gasteiger partial charge on any atom is -0.357 e. The molecule has 0 heterocycles. The van der Waals surface area contributed by atoms with Crippen LogP contribution in [0.15, 0.2) is 40.2 Å². The molecule has 26 heavy (non-hydrogen) atoms. The van der Waals surface area contributed by atoms with Gasteiger partial charge in [-0.3, -0.25) is 4.99 Å². The van der Waals surface area contributed by atoms with Gasteiger partial charge < -0.3 is 10.6 Å². The van der Waals surface area contributed by atoms with E-state index in [2.05, 4.69) is 39.6 Å². The molecule has 0 atom stereocenters. The first kappa shape index (κ1) is 23.5. The summed E-state index contributed by atoms with van der Waals surface area (Å²) in [6, 6.07) is 10.5. The van der Waals surface area contributed by atoms with Crippen molar-refractivity contribution in [2.45, 2.75) is 35.8 Å². The number of hydrogen-bond acceptors (Lipinski definition) is 4. The van der Waals surface area contributed by atoms with Gasteiger partial charge in [0.2, 0.25) is 10.0 Å². The van der Waals surface area contributed by atoms with E-state index in [-0.39, 0.29) is 28.7 Å². The lowest BCUT2D eigenvalue weighted by Gasteiger charge is -2.15. The number of benzene rings is 1. The van der Waals surface area contributed by atoms with Crippen molar-refractivity contribution in [1.82, 2.24) is 15.4 Å². The van der Waals surface area contributed by atoms with Crippen molar-refractivity contribution < 1.29 is 8.42 Å². The lowest BCUT2D eigenvalue weighted by molar-refractivity contribution is 0.584. The van der Waals surface area contributed by atoms with E-state index in [1.807, 2.05) is 24.8 Å². The SMILES string of the molecule is CCNC(=NCC1(Sc2ccccc2)CC1)NCCCNS(C)(=O)=O.I. The average Bonchev–Trinajstić information content (AvgIpc) is 3.32. The van der Waals surface area contributed by atoms with Crippen molar-refractivity contribution >= 4 is 51.7 Å². The lowest BCUT2D eigenvalue weighted by Crippen LogP contribution is -2.39. The third-order valence-corrected chi connectivity index (χ3v) is 5.97. The summed E-state index contributed by atoms with van der Waals surface area (Å²) in [5, 5.41) is 6.51. The molecule has 2 rings (SSSR count). The monoisotopic (exact) mass is 512 g/mol. The molecule has 0 aliphatic heterocycles. The topological polar surface area (TPSA) is 82.6 Å². The second-order valence-electron chi connectivity index (χ2n) is 6.24. The first-order valence-electron chi connectivity index (χ1n) is 8.63. The number of sulfonamides is 1. The van der Waals surface area contributed by atoms with Crippen LogP contribution < -0.4 is 15.4 Å². The fourth-order valence-electron chi connectivity index (χ4n) is 2.29. The predicted molar refractivity (Wildman–Crippen MR) is 121 cm³/mol. The van der Waals surface area contributed by atoms with E-state index in [1.165, 1.54) is 24.0 Å². The lowest BCUT2D eigenvalue weighted by atomic mass is 10.4. The highest BCUT2D eigenvalue weighted by molar-refractivity contribution is 14.0. The Morgan fingerprint density at radius 3 is 2.46 bits per heavy atom. The number of guanidine groups is 1. The fourth-order valence-corrected chi connectivity index (χ4v) is 4.03. The van der Waals surface area contributed by atoms with Crippen LogP contribution in [-0.2, 0) is 10.0 Å². The van der Waals surface area contributed by atoms with E-state index in [0.29, 0.717) is 19.5 Å². The van der Waals surface area contributed by atoms with Gasteiger partial charge in [-0.15, -0.1) is 35.7 Å². The molecule has 0 aromatic heterocycles. The van der Waals surface area contributed by atoms with Crippen LogP contribution in [0.5, 0.6) is 0 Å². The van der Waals surface area contributed by atoms with E-state index in [9.17, 15) is 8.42 Å². The molecule has 9 heteroatoms. The normalized spacial score (nSPS) is 15.8. The molecule has 3 N–H and O–H groups in total. The Balaban J connectivity index is 0.00000338. The number of nitrogens with zero attached hydrogens (tertiary/aromatic N) is 1. The summed E-state index contributed by atoms with van der Waals surface area (Å²) in [7, 11) is -3.11. The maximum absolute atomic E-state index is 11.0. The van der Waals surface area contributed by atoms with Crippen LogP contribution in [0.3, 0.4) is 0 Å². The van der Waals surface area contributed by atoms with Gasteiger partial charge in [-0.1, -0.05) is 18.2 Å². The number of rotatable bonds is 10.